The molecule has 172 valence electrons. The van der Waals surface area contributed by atoms with E-state index in [1.807, 2.05) is 28.5 Å². The fourth-order valence-corrected chi connectivity index (χ4v) is 5.39. The van der Waals surface area contributed by atoms with Crippen LogP contribution in [0.5, 0.6) is 0 Å². The summed E-state index contributed by atoms with van der Waals surface area (Å²) in [6.07, 6.45) is 2.91. The van der Waals surface area contributed by atoms with E-state index in [1.54, 1.807) is 21.6 Å². The molecule has 5 rings (SSSR count). The molecule has 8 nitrogen and oxygen atoms in total. The van der Waals surface area contributed by atoms with Gasteiger partial charge in [0.25, 0.3) is 5.56 Å². The fraction of sp³-hybridized carbons (Fsp3) is 0.417. The van der Waals surface area contributed by atoms with Crippen LogP contribution in [0.4, 0.5) is 5.69 Å². The SMILES string of the molecule is CCc1cccc(N2CC(C(=O)N3CCN(Cc4cc(=O)n5ccsc5n4)CC3)CC2=O)c1. The molecule has 2 aromatic heterocycles. The van der Waals surface area contributed by atoms with Crippen LogP contribution in [-0.4, -0.2) is 63.7 Å². The number of nitrogens with zero attached hydrogens (tertiary/aromatic N) is 5. The number of aryl methyl sites for hydroxylation is 1. The lowest BCUT2D eigenvalue weighted by Gasteiger charge is -2.35. The van der Waals surface area contributed by atoms with Crippen molar-refractivity contribution < 1.29 is 9.59 Å². The van der Waals surface area contributed by atoms with Crippen molar-refractivity contribution in [2.45, 2.75) is 26.3 Å². The summed E-state index contributed by atoms with van der Waals surface area (Å²) in [4.78, 5) is 49.1. The summed E-state index contributed by atoms with van der Waals surface area (Å²) in [6, 6.07) is 9.59. The highest BCUT2D eigenvalue weighted by atomic mass is 32.1. The molecule has 1 aromatic carbocycles. The Morgan fingerprint density at radius 3 is 2.76 bits per heavy atom. The Labute approximate surface area is 196 Å². The Morgan fingerprint density at radius 2 is 1.97 bits per heavy atom. The quantitative estimate of drug-likeness (QED) is 0.576. The van der Waals surface area contributed by atoms with Gasteiger partial charge in [-0.3, -0.25) is 23.7 Å². The average Bonchev–Trinajstić information content (AvgIpc) is 3.46. The monoisotopic (exact) mass is 465 g/mol. The van der Waals surface area contributed by atoms with E-state index in [4.69, 9.17) is 0 Å². The Kier molecular flexibility index (Phi) is 5.99. The van der Waals surface area contributed by atoms with E-state index in [0.717, 1.165) is 30.9 Å². The molecule has 0 aliphatic carbocycles. The Balaban J connectivity index is 1.18. The molecular formula is C24H27N5O3S. The van der Waals surface area contributed by atoms with Gasteiger partial charge in [0.05, 0.1) is 11.6 Å². The van der Waals surface area contributed by atoms with Crippen molar-refractivity contribution in [3.8, 4) is 0 Å². The van der Waals surface area contributed by atoms with E-state index in [1.165, 1.54) is 16.9 Å². The third-order valence-electron chi connectivity index (χ3n) is 6.53. The molecular weight excluding hydrogens is 438 g/mol. The lowest BCUT2D eigenvalue weighted by Crippen LogP contribution is -2.50. The van der Waals surface area contributed by atoms with Gasteiger partial charge in [-0.05, 0) is 24.1 Å². The standard InChI is InChI=1S/C24H27N5O3S/c1-2-17-4-3-5-20(12-17)29-15-18(13-21(29)30)23(32)27-8-6-26(7-9-27)16-19-14-22(31)28-10-11-33-24(28)25-19/h3-5,10-12,14,18H,2,6-9,13,15-16H2,1H3. The summed E-state index contributed by atoms with van der Waals surface area (Å²) in [5.74, 6) is -0.215. The number of fused-ring (bicyclic) bond motifs is 1. The lowest BCUT2D eigenvalue weighted by atomic mass is 10.1. The van der Waals surface area contributed by atoms with Crippen molar-refractivity contribution in [1.82, 2.24) is 19.2 Å². The van der Waals surface area contributed by atoms with Gasteiger partial charge >= 0.3 is 0 Å². The third kappa shape index (κ3) is 4.43. The number of hydrogen-bond acceptors (Lipinski definition) is 6. The molecule has 33 heavy (non-hydrogen) atoms. The smallest absolute Gasteiger partial charge is 0.258 e. The van der Waals surface area contributed by atoms with Gasteiger partial charge < -0.3 is 9.80 Å². The van der Waals surface area contributed by atoms with Gasteiger partial charge in [0, 0.05) is 69.0 Å². The minimum absolute atomic E-state index is 0.0153. The highest BCUT2D eigenvalue weighted by Crippen LogP contribution is 2.27. The molecule has 2 aliphatic rings. The van der Waals surface area contributed by atoms with Crippen LogP contribution < -0.4 is 10.5 Å². The topological polar surface area (TPSA) is 78.2 Å². The first kappa shape index (κ1) is 21.8. The third-order valence-corrected chi connectivity index (χ3v) is 7.29. The van der Waals surface area contributed by atoms with Gasteiger partial charge in [-0.15, -0.1) is 11.3 Å². The molecule has 0 bridgehead atoms. The second-order valence-corrected chi connectivity index (χ2v) is 9.54. The maximum atomic E-state index is 13.1. The Bertz CT molecular complexity index is 1240. The molecule has 2 amide bonds. The summed E-state index contributed by atoms with van der Waals surface area (Å²) >= 11 is 1.45. The number of aromatic nitrogens is 2. The first-order chi connectivity index (χ1) is 16.0. The van der Waals surface area contributed by atoms with Crippen LogP contribution in [0, 0.1) is 5.92 Å². The van der Waals surface area contributed by atoms with Crippen LogP contribution in [-0.2, 0) is 22.6 Å². The van der Waals surface area contributed by atoms with Crippen molar-refractivity contribution in [2.24, 2.45) is 5.92 Å². The minimum atomic E-state index is -0.294. The Morgan fingerprint density at radius 1 is 1.15 bits per heavy atom. The molecule has 2 fully saturated rings. The van der Waals surface area contributed by atoms with Gasteiger partial charge in [0.1, 0.15) is 0 Å². The lowest BCUT2D eigenvalue weighted by molar-refractivity contribution is -0.137. The molecule has 0 radical (unpaired) electrons. The van der Waals surface area contributed by atoms with Gasteiger partial charge in [-0.1, -0.05) is 19.1 Å². The molecule has 3 aromatic rings. The molecule has 0 N–H and O–H groups in total. The number of piperazine rings is 1. The van der Waals surface area contributed by atoms with Crippen LogP contribution >= 0.6 is 11.3 Å². The van der Waals surface area contributed by atoms with Crippen molar-refractivity contribution in [1.29, 1.82) is 0 Å². The second kappa shape index (κ2) is 9.07. The summed E-state index contributed by atoms with van der Waals surface area (Å²) < 4.78 is 1.55. The van der Waals surface area contributed by atoms with Crippen LogP contribution in [0.2, 0.25) is 0 Å². The van der Waals surface area contributed by atoms with E-state index in [2.05, 4.69) is 22.9 Å². The molecule has 4 heterocycles. The average molecular weight is 466 g/mol. The van der Waals surface area contributed by atoms with Crippen molar-refractivity contribution in [2.75, 3.05) is 37.6 Å². The van der Waals surface area contributed by atoms with Gasteiger partial charge in [-0.2, -0.15) is 0 Å². The van der Waals surface area contributed by atoms with E-state index in [0.29, 0.717) is 31.1 Å². The summed E-state index contributed by atoms with van der Waals surface area (Å²) in [7, 11) is 0. The zero-order valence-corrected chi connectivity index (χ0v) is 19.5. The number of benzene rings is 1. The number of hydrogen-bond donors (Lipinski definition) is 0. The van der Waals surface area contributed by atoms with E-state index in [9.17, 15) is 14.4 Å². The maximum Gasteiger partial charge on any atom is 0.258 e. The molecule has 9 heteroatoms. The molecule has 1 unspecified atom stereocenters. The maximum absolute atomic E-state index is 13.1. The highest BCUT2D eigenvalue weighted by Gasteiger charge is 2.38. The number of thiazole rings is 1. The van der Waals surface area contributed by atoms with Gasteiger partial charge in [-0.25, -0.2) is 4.98 Å². The van der Waals surface area contributed by atoms with E-state index >= 15 is 0 Å². The van der Waals surface area contributed by atoms with E-state index in [-0.39, 0.29) is 29.7 Å². The van der Waals surface area contributed by atoms with Crippen molar-refractivity contribution in [3.05, 3.63) is 63.5 Å². The number of carbonyl (C=O) groups excluding carboxylic acids is 2. The van der Waals surface area contributed by atoms with Crippen molar-refractivity contribution in [3.63, 3.8) is 0 Å². The highest BCUT2D eigenvalue weighted by molar-refractivity contribution is 7.15. The van der Waals surface area contributed by atoms with Crippen molar-refractivity contribution >= 4 is 33.8 Å². The first-order valence-corrected chi connectivity index (χ1v) is 12.3. The first-order valence-electron chi connectivity index (χ1n) is 11.4. The van der Waals surface area contributed by atoms with E-state index < -0.39 is 0 Å². The molecule has 2 aliphatic heterocycles. The number of anilines is 1. The normalized spacial score (nSPS) is 19.5. The largest absolute Gasteiger partial charge is 0.340 e. The zero-order chi connectivity index (χ0) is 22.9. The van der Waals surface area contributed by atoms with Crippen LogP contribution in [0.1, 0.15) is 24.6 Å². The Hall–Kier alpha value is -3.04. The minimum Gasteiger partial charge on any atom is -0.340 e. The van der Waals surface area contributed by atoms with Crippen LogP contribution in [0.15, 0.2) is 46.7 Å². The number of carbonyl (C=O) groups is 2. The number of amides is 2. The second-order valence-electron chi connectivity index (χ2n) is 8.67. The van der Waals surface area contributed by atoms with Gasteiger partial charge in [0.2, 0.25) is 11.8 Å². The van der Waals surface area contributed by atoms with Gasteiger partial charge in [0.15, 0.2) is 4.96 Å². The van der Waals surface area contributed by atoms with Crippen LogP contribution in [0.25, 0.3) is 4.96 Å². The molecule has 0 spiro atoms. The fourth-order valence-electron chi connectivity index (χ4n) is 4.65. The number of rotatable bonds is 5. The summed E-state index contributed by atoms with van der Waals surface area (Å²) in [6.45, 7) is 5.81. The molecule has 0 saturated carbocycles. The predicted molar refractivity (Wildman–Crippen MR) is 127 cm³/mol. The summed E-state index contributed by atoms with van der Waals surface area (Å²) in [5, 5.41) is 1.85. The molecule has 2 saturated heterocycles. The zero-order valence-electron chi connectivity index (χ0n) is 18.6. The molecule has 1 atom stereocenters. The predicted octanol–water partition coefficient (Wildman–Crippen LogP) is 2.02. The van der Waals surface area contributed by atoms with Crippen LogP contribution in [0.3, 0.4) is 0 Å². The summed E-state index contributed by atoms with van der Waals surface area (Å²) in [5.41, 5.74) is 2.76.